The molecule has 1 aromatic rings. The van der Waals surface area contributed by atoms with Crippen molar-refractivity contribution in [1.82, 2.24) is 10.3 Å². The Hall–Kier alpha value is -1.35. The summed E-state index contributed by atoms with van der Waals surface area (Å²) >= 11 is 0. The fourth-order valence-electron chi connectivity index (χ4n) is 3.15. The number of aromatic nitrogens is 1. The zero-order chi connectivity index (χ0) is 14.5. The van der Waals surface area contributed by atoms with Gasteiger partial charge in [0.25, 0.3) is 0 Å². The molecule has 0 atom stereocenters. The molecule has 3 rings (SSSR count). The first-order valence-electron chi connectivity index (χ1n) is 8.30. The Bertz CT molecular complexity index is 488. The topological polar surface area (TPSA) is 34.1 Å². The highest BCUT2D eigenvalue weighted by Gasteiger charge is 2.23. The summed E-state index contributed by atoms with van der Waals surface area (Å²) in [6, 6.07) is 6.75. The predicted molar refractivity (Wildman–Crippen MR) is 86.4 cm³/mol. The summed E-state index contributed by atoms with van der Waals surface area (Å²) in [5.41, 5.74) is 2.55. The summed E-state index contributed by atoms with van der Waals surface area (Å²) in [4.78, 5) is 4.54. The van der Waals surface area contributed by atoms with Gasteiger partial charge in [0.15, 0.2) is 0 Å². The Morgan fingerprint density at radius 3 is 2.76 bits per heavy atom. The third kappa shape index (κ3) is 4.31. The van der Waals surface area contributed by atoms with E-state index in [1.807, 2.05) is 12.1 Å². The number of pyridine rings is 1. The minimum absolute atomic E-state index is 0.696. The van der Waals surface area contributed by atoms with Gasteiger partial charge in [0.05, 0.1) is 12.8 Å². The molecule has 0 radical (unpaired) electrons. The highest BCUT2D eigenvalue weighted by molar-refractivity contribution is 5.51. The first kappa shape index (κ1) is 14.6. The summed E-state index contributed by atoms with van der Waals surface area (Å²) in [7, 11) is 1.67. The van der Waals surface area contributed by atoms with E-state index in [-0.39, 0.29) is 0 Å². The largest absolute Gasteiger partial charge is 0.481 e. The summed E-state index contributed by atoms with van der Waals surface area (Å²) in [6.07, 6.45) is 11.8. The molecule has 114 valence electrons. The second-order valence-electron chi connectivity index (χ2n) is 6.31. The molecular weight excluding hydrogens is 260 g/mol. The molecule has 0 saturated heterocycles. The fourth-order valence-corrected chi connectivity index (χ4v) is 3.15. The van der Waals surface area contributed by atoms with Gasteiger partial charge in [-0.1, -0.05) is 30.9 Å². The number of ether oxygens (including phenoxy) is 1. The van der Waals surface area contributed by atoms with E-state index in [0.29, 0.717) is 5.88 Å². The van der Waals surface area contributed by atoms with Gasteiger partial charge in [0, 0.05) is 18.7 Å². The molecule has 0 spiro atoms. The maximum Gasteiger partial charge on any atom is 0.213 e. The number of hydrogen-bond acceptors (Lipinski definition) is 3. The van der Waals surface area contributed by atoms with Crippen LogP contribution < -0.4 is 10.1 Å². The van der Waals surface area contributed by atoms with Crippen LogP contribution in [-0.2, 0) is 0 Å². The van der Waals surface area contributed by atoms with Crippen molar-refractivity contribution >= 4 is 6.08 Å². The number of nitrogens with zero attached hydrogens (tertiary/aromatic N) is 1. The van der Waals surface area contributed by atoms with Crippen LogP contribution in [0.3, 0.4) is 0 Å². The third-order valence-electron chi connectivity index (χ3n) is 4.59. The standard InChI is InChI=1S/C18H26N2O/c1-21-18-9-5-8-17(20-18)12-15(13-19-16-10-11-16)14-6-3-2-4-7-14/h5,8-9,12,14,16,19H,2-4,6-7,10-11,13H2,1H3/b15-12-. The SMILES string of the molecule is COc1cccc(/C=C(/CNC2CC2)C2CCCCC2)n1. The molecule has 21 heavy (non-hydrogen) atoms. The van der Waals surface area contributed by atoms with E-state index in [2.05, 4.69) is 22.4 Å². The molecule has 1 N–H and O–H groups in total. The molecule has 1 heterocycles. The van der Waals surface area contributed by atoms with Crippen molar-refractivity contribution < 1.29 is 4.74 Å². The molecule has 2 aliphatic carbocycles. The number of hydrogen-bond donors (Lipinski definition) is 1. The third-order valence-corrected chi connectivity index (χ3v) is 4.59. The Morgan fingerprint density at radius 1 is 1.24 bits per heavy atom. The van der Waals surface area contributed by atoms with Crippen LogP contribution in [0.25, 0.3) is 6.08 Å². The minimum atomic E-state index is 0.696. The lowest BCUT2D eigenvalue weighted by molar-refractivity contribution is 0.395. The lowest BCUT2D eigenvalue weighted by Crippen LogP contribution is -2.24. The monoisotopic (exact) mass is 286 g/mol. The Morgan fingerprint density at radius 2 is 2.05 bits per heavy atom. The van der Waals surface area contributed by atoms with E-state index in [0.717, 1.165) is 24.2 Å². The van der Waals surface area contributed by atoms with E-state index in [1.165, 1.54) is 50.5 Å². The van der Waals surface area contributed by atoms with Crippen molar-refractivity contribution in [3.8, 4) is 5.88 Å². The lowest BCUT2D eigenvalue weighted by atomic mass is 9.83. The summed E-state index contributed by atoms with van der Waals surface area (Å²) in [5, 5.41) is 3.68. The van der Waals surface area contributed by atoms with Crippen LogP contribution >= 0.6 is 0 Å². The van der Waals surface area contributed by atoms with E-state index in [1.54, 1.807) is 7.11 Å². The van der Waals surface area contributed by atoms with Gasteiger partial charge in [-0.15, -0.1) is 0 Å². The fraction of sp³-hybridized carbons (Fsp3) is 0.611. The molecule has 2 fully saturated rings. The molecule has 0 aliphatic heterocycles. The van der Waals surface area contributed by atoms with Crippen LogP contribution in [0.1, 0.15) is 50.6 Å². The highest BCUT2D eigenvalue weighted by atomic mass is 16.5. The molecule has 0 bridgehead atoms. The number of rotatable bonds is 6. The van der Waals surface area contributed by atoms with Crippen LogP contribution in [-0.4, -0.2) is 24.7 Å². The zero-order valence-electron chi connectivity index (χ0n) is 13.0. The molecule has 3 heteroatoms. The van der Waals surface area contributed by atoms with Crippen LogP contribution in [0.4, 0.5) is 0 Å². The van der Waals surface area contributed by atoms with Gasteiger partial charge >= 0.3 is 0 Å². The van der Waals surface area contributed by atoms with Crippen molar-refractivity contribution in [3.05, 3.63) is 29.5 Å². The van der Waals surface area contributed by atoms with Gasteiger partial charge in [-0.2, -0.15) is 0 Å². The van der Waals surface area contributed by atoms with Crippen molar-refractivity contribution in [2.24, 2.45) is 5.92 Å². The van der Waals surface area contributed by atoms with Crippen molar-refractivity contribution in [1.29, 1.82) is 0 Å². The predicted octanol–water partition coefficient (Wildman–Crippen LogP) is 3.81. The summed E-state index contributed by atoms with van der Waals surface area (Å²) < 4.78 is 5.23. The van der Waals surface area contributed by atoms with E-state index in [9.17, 15) is 0 Å². The van der Waals surface area contributed by atoms with Crippen LogP contribution in [0, 0.1) is 5.92 Å². The molecule has 0 aromatic carbocycles. The van der Waals surface area contributed by atoms with Gasteiger partial charge in [-0.25, -0.2) is 4.98 Å². The van der Waals surface area contributed by atoms with Crippen LogP contribution in [0.2, 0.25) is 0 Å². The summed E-state index contributed by atoms with van der Waals surface area (Å²) in [6.45, 7) is 1.02. The van der Waals surface area contributed by atoms with Crippen LogP contribution in [0.5, 0.6) is 5.88 Å². The first-order chi connectivity index (χ1) is 10.3. The second kappa shape index (κ2) is 7.08. The normalized spacial score (nSPS) is 20.5. The maximum absolute atomic E-state index is 5.23. The van der Waals surface area contributed by atoms with Crippen molar-refractivity contribution in [2.75, 3.05) is 13.7 Å². The Labute approximate surface area is 127 Å². The molecule has 0 unspecified atom stereocenters. The average molecular weight is 286 g/mol. The van der Waals surface area contributed by atoms with E-state index >= 15 is 0 Å². The van der Waals surface area contributed by atoms with Crippen LogP contribution in [0.15, 0.2) is 23.8 Å². The van der Waals surface area contributed by atoms with Gasteiger partial charge in [0.2, 0.25) is 5.88 Å². The van der Waals surface area contributed by atoms with Gasteiger partial charge in [0.1, 0.15) is 0 Å². The summed E-state index contributed by atoms with van der Waals surface area (Å²) in [5.74, 6) is 1.43. The van der Waals surface area contributed by atoms with Gasteiger partial charge < -0.3 is 10.1 Å². The highest BCUT2D eigenvalue weighted by Crippen LogP contribution is 2.31. The number of nitrogens with one attached hydrogen (secondary N) is 1. The van der Waals surface area contributed by atoms with Gasteiger partial charge in [-0.05, 0) is 43.7 Å². The molecule has 2 saturated carbocycles. The number of methoxy groups -OCH3 is 1. The van der Waals surface area contributed by atoms with E-state index < -0.39 is 0 Å². The Kier molecular flexibility index (Phi) is 4.91. The molecular formula is C18H26N2O. The average Bonchev–Trinajstić information content (AvgIpc) is 3.37. The van der Waals surface area contributed by atoms with E-state index in [4.69, 9.17) is 4.74 Å². The van der Waals surface area contributed by atoms with Crippen molar-refractivity contribution in [3.63, 3.8) is 0 Å². The smallest absolute Gasteiger partial charge is 0.213 e. The zero-order valence-corrected chi connectivity index (χ0v) is 13.0. The first-order valence-corrected chi connectivity index (χ1v) is 8.30. The Balaban J connectivity index is 1.75. The van der Waals surface area contributed by atoms with Crippen molar-refractivity contribution in [2.45, 2.75) is 51.0 Å². The lowest BCUT2D eigenvalue weighted by Gasteiger charge is -2.25. The molecule has 2 aliphatic rings. The second-order valence-corrected chi connectivity index (χ2v) is 6.31. The van der Waals surface area contributed by atoms with Gasteiger partial charge in [-0.3, -0.25) is 0 Å². The minimum Gasteiger partial charge on any atom is -0.481 e. The quantitative estimate of drug-likeness (QED) is 0.863. The molecule has 1 aromatic heterocycles. The molecule has 0 amide bonds. The maximum atomic E-state index is 5.23. The molecule has 3 nitrogen and oxygen atoms in total.